The van der Waals surface area contributed by atoms with Crippen molar-refractivity contribution < 1.29 is 4.79 Å². The number of hydrogen-bond donors (Lipinski definition) is 0. The molecule has 0 saturated heterocycles. The monoisotopic (exact) mass is 272 g/mol. The lowest BCUT2D eigenvalue weighted by Crippen LogP contribution is -2.39. The van der Waals surface area contributed by atoms with Crippen LogP contribution in [0, 0.1) is 0 Å². The molecule has 1 aliphatic rings. The van der Waals surface area contributed by atoms with Crippen LogP contribution in [0.15, 0.2) is 41.2 Å². The Kier molecular flexibility index (Phi) is 3.25. The number of nitrogens with zero attached hydrogens (tertiary/aromatic N) is 2. The average molecular weight is 272 g/mol. The van der Waals surface area contributed by atoms with Crippen molar-refractivity contribution in [3.8, 4) is 0 Å². The van der Waals surface area contributed by atoms with Crippen molar-refractivity contribution in [3.05, 3.63) is 52.5 Å². The summed E-state index contributed by atoms with van der Waals surface area (Å²) in [5, 5.41) is 4.05. The SMILES string of the molecule is C[C@H]1c2cccn2CCN1C(=O)/C=C\c1ccsc1. The van der Waals surface area contributed by atoms with E-state index < -0.39 is 0 Å². The molecule has 3 rings (SSSR count). The predicted octanol–water partition coefficient (Wildman–Crippen LogP) is 3.17. The van der Waals surface area contributed by atoms with Gasteiger partial charge in [0.05, 0.1) is 6.04 Å². The van der Waals surface area contributed by atoms with Gasteiger partial charge in [-0.1, -0.05) is 0 Å². The van der Waals surface area contributed by atoms with Crippen LogP contribution in [0.25, 0.3) is 6.08 Å². The summed E-state index contributed by atoms with van der Waals surface area (Å²) in [7, 11) is 0. The summed E-state index contributed by atoms with van der Waals surface area (Å²) >= 11 is 1.64. The Morgan fingerprint density at radius 1 is 1.42 bits per heavy atom. The van der Waals surface area contributed by atoms with E-state index in [9.17, 15) is 4.79 Å². The minimum Gasteiger partial charge on any atom is -0.348 e. The van der Waals surface area contributed by atoms with Gasteiger partial charge in [-0.15, -0.1) is 0 Å². The molecule has 1 atom stereocenters. The van der Waals surface area contributed by atoms with Gasteiger partial charge < -0.3 is 9.47 Å². The number of rotatable bonds is 2. The van der Waals surface area contributed by atoms with Gasteiger partial charge in [0, 0.05) is 31.1 Å². The molecule has 0 saturated carbocycles. The Hall–Kier alpha value is -1.81. The first-order valence-corrected chi connectivity index (χ1v) is 7.36. The normalized spacial score (nSPS) is 18.8. The van der Waals surface area contributed by atoms with Gasteiger partial charge in [-0.2, -0.15) is 11.3 Å². The molecule has 4 heteroatoms. The zero-order valence-corrected chi connectivity index (χ0v) is 11.6. The zero-order valence-electron chi connectivity index (χ0n) is 10.8. The van der Waals surface area contributed by atoms with Gasteiger partial charge in [0.25, 0.3) is 0 Å². The van der Waals surface area contributed by atoms with E-state index in [1.165, 1.54) is 5.69 Å². The van der Waals surface area contributed by atoms with Crippen molar-refractivity contribution >= 4 is 23.3 Å². The van der Waals surface area contributed by atoms with Gasteiger partial charge in [0.1, 0.15) is 0 Å². The fraction of sp³-hybridized carbons (Fsp3) is 0.267. The first-order valence-electron chi connectivity index (χ1n) is 6.41. The molecule has 0 unspecified atom stereocenters. The highest BCUT2D eigenvalue weighted by Crippen LogP contribution is 2.25. The van der Waals surface area contributed by atoms with Gasteiger partial charge in [-0.05, 0) is 47.5 Å². The van der Waals surface area contributed by atoms with Crippen molar-refractivity contribution in [2.24, 2.45) is 0 Å². The highest BCUT2D eigenvalue weighted by atomic mass is 32.1. The highest BCUT2D eigenvalue weighted by molar-refractivity contribution is 7.08. The lowest BCUT2D eigenvalue weighted by Gasteiger charge is -2.34. The molecule has 2 aromatic rings. The third kappa shape index (κ3) is 2.36. The number of carbonyl (C=O) groups excluding carboxylic acids is 1. The summed E-state index contributed by atoms with van der Waals surface area (Å²) < 4.78 is 2.22. The molecule has 1 aliphatic heterocycles. The maximum Gasteiger partial charge on any atom is 0.247 e. The first-order chi connectivity index (χ1) is 9.25. The lowest BCUT2D eigenvalue weighted by atomic mass is 10.1. The molecule has 0 bridgehead atoms. The molecule has 0 radical (unpaired) electrons. The molecule has 0 fully saturated rings. The molecule has 98 valence electrons. The van der Waals surface area contributed by atoms with E-state index in [2.05, 4.69) is 23.8 Å². The molecule has 0 aromatic carbocycles. The van der Waals surface area contributed by atoms with Crippen LogP contribution in [0.3, 0.4) is 0 Å². The summed E-state index contributed by atoms with van der Waals surface area (Å²) in [6.45, 7) is 3.74. The summed E-state index contributed by atoms with van der Waals surface area (Å²) in [6, 6.07) is 6.29. The van der Waals surface area contributed by atoms with E-state index >= 15 is 0 Å². The Morgan fingerprint density at radius 3 is 3.11 bits per heavy atom. The quantitative estimate of drug-likeness (QED) is 0.771. The van der Waals surface area contributed by atoms with Gasteiger partial charge in [-0.25, -0.2) is 0 Å². The lowest BCUT2D eigenvalue weighted by molar-refractivity contribution is -0.129. The van der Waals surface area contributed by atoms with E-state index in [-0.39, 0.29) is 11.9 Å². The molecule has 19 heavy (non-hydrogen) atoms. The van der Waals surface area contributed by atoms with Crippen molar-refractivity contribution in [1.82, 2.24) is 9.47 Å². The second-order valence-corrected chi connectivity index (χ2v) is 5.50. The third-order valence-corrected chi connectivity index (χ3v) is 4.29. The fourth-order valence-corrected chi connectivity index (χ4v) is 3.14. The van der Waals surface area contributed by atoms with E-state index in [0.717, 1.165) is 18.7 Å². The maximum absolute atomic E-state index is 12.3. The summed E-state index contributed by atoms with van der Waals surface area (Å²) in [5.41, 5.74) is 2.30. The molecule has 0 N–H and O–H groups in total. The van der Waals surface area contributed by atoms with Crippen molar-refractivity contribution in [2.45, 2.75) is 19.5 Å². The number of amides is 1. The second kappa shape index (κ2) is 5.05. The van der Waals surface area contributed by atoms with Crippen molar-refractivity contribution in [2.75, 3.05) is 6.54 Å². The smallest absolute Gasteiger partial charge is 0.247 e. The van der Waals surface area contributed by atoms with Gasteiger partial charge in [0.2, 0.25) is 5.91 Å². The molecule has 2 aromatic heterocycles. The Morgan fingerprint density at radius 2 is 2.32 bits per heavy atom. The second-order valence-electron chi connectivity index (χ2n) is 4.72. The van der Waals surface area contributed by atoms with Crippen LogP contribution < -0.4 is 0 Å². The molecule has 0 aliphatic carbocycles. The van der Waals surface area contributed by atoms with Crippen LogP contribution in [-0.2, 0) is 11.3 Å². The molecule has 1 amide bonds. The van der Waals surface area contributed by atoms with Gasteiger partial charge in [-0.3, -0.25) is 4.79 Å². The van der Waals surface area contributed by atoms with E-state index in [4.69, 9.17) is 0 Å². The number of aromatic nitrogens is 1. The van der Waals surface area contributed by atoms with Crippen LogP contribution >= 0.6 is 11.3 Å². The largest absolute Gasteiger partial charge is 0.348 e. The van der Waals surface area contributed by atoms with Gasteiger partial charge in [0.15, 0.2) is 0 Å². The molecular formula is C15H16N2OS. The van der Waals surface area contributed by atoms with E-state index in [1.807, 2.05) is 33.9 Å². The number of hydrogen-bond acceptors (Lipinski definition) is 2. The number of fused-ring (bicyclic) bond motifs is 1. The molecule has 0 spiro atoms. The van der Waals surface area contributed by atoms with Crippen LogP contribution in [0.1, 0.15) is 24.2 Å². The summed E-state index contributed by atoms with van der Waals surface area (Å²) in [6.07, 6.45) is 5.64. The maximum atomic E-state index is 12.3. The van der Waals surface area contributed by atoms with Crippen LogP contribution in [-0.4, -0.2) is 21.9 Å². The summed E-state index contributed by atoms with van der Waals surface area (Å²) in [5.74, 6) is 0.0890. The standard InChI is InChI=1S/C15H16N2OS/c1-12-14-3-2-7-16(14)8-9-17(12)15(18)5-4-13-6-10-19-11-13/h2-7,10-12H,8-9H2,1H3/b5-4-/t12-/m0/s1. The molecular weight excluding hydrogens is 256 g/mol. The minimum absolute atomic E-state index is 0.0890. The van der Waals surface area contributed by atoms with Crippen molar-refractivity contribution in [3.63, 3.8) is 0 Å². The Balaban J connectivity index is 1.75. The average Bonchev–Trinajstić information content (AvgIpc) is 3.07. The first kappa shape index (κ1) is 12.2. The number of thiophene rings is 1. The van der Waals surface area contributed by atoms with Crippen LogP contribution in [0.2, 0.25) is 0 Å². The van der Waals surface area contributed by atoms with E-state index in [0.29, 0.717) is 0 Å². The molecule has 3 nitrogen and oxygen atoms in total. The fourth-order valence-electron chi connectivity index (χ4n) is 2.51. The van der Waals surface area contributed by atoms with Gasteiger partial charge >= 0.3 is 0 Å². The van der Waals surface area contributed by atoms with Crippen LogP contribution in [0.5, 0.6) is 0 Å². The van der Waals surface area contributed by atoms with Crippen molar-refractivity contribution in [1.29, 1.82) is 0 Å². The Labute approximate surface area is 116 Å². The Bertz CT molecular complexity index is 597. The van der Waals surface area contributed by atoms with Crippen LogP contribution in [0.4, 0.5) is 0 Å². The molecule has 3 heterocycles. The topological polar surface area (TPSA) is 25.2 Å². The predicted molar refractivity (Wildman–Crippen MR) is 77.9 cm³/mol. The highest BCUT2D eigenvalue weighted by Gasteiger charge is 2.25. The summed E-state index contributed by atoms with van der Waals surface area (Å²) in [4.78, 5) is 14.2. The zero-order chi connectivity index (χ0) is 13.2. The van der Waals surface area contributed by atoms with E-state index in [1.54, 1.807) is 17.4 Å². The number of carbonyl (C=O) groups is 1. The third-order valence-electron chi connectivity index (χ3n) is 3.59. The minimum atomic E-state index is 0.0890.